The first-order chi connectivity index (χ1) is 12.3. The smallest absolute Gasteiger partial charge is 0.118 e. The number of pyridine rings is 1. The molecule has 0 saturated carbocycles. The molecule has 2 heteroatoms. The monoisotopic (exact) mass is 325 g/mol. The molecule has 1 heterocycles. The van der Waals surface area contributed by atoms with Gasteiger partial charge in [0.25, 0.3) is 0 Å². The van der Waals surface area contributed by atoms with Crippen molar-refractivity contribution in [2.45, 2.75) is 6.92 Å². The van der Waals surface area contributed by atoms with Crippen LogP contribution in [-0.2, 0) is 0 Å². The molecule has 0 fully saturated rings. The van der Waals surface area contributed by atoms with Crippen LogP contribution in [0.5, 0.6) is 5.75 Å². The molecular weight excluding hydrogens is 306 g/mol. The maximum Gasteiger partial charge on any atom is 0.118 e. The first kappa shape index (κ1) is 15.4. The van der Waals surface area contributed by atoms with Crippen LogP contribution in [0.2, 0.25) is 0 Å². The topological polar surface area (TPSA) is 22.1 Å². The highest BCUT2D eigenvalue weighted by molar-refractivity contribution is 5.99. The second-order valence-electron chi connectivity index (χ2n) is 6.07. The van der Waals surface area contributed by atoms with E-state index < -0.39 is 0 Å². The molecule has 0 aliphatic heterocycles. The molecule has 0 atom stereocenters. The number of fused-ring (bicyclic) bond motifs is 1. The zero-order valence-corrected chi connectivity index (χ0v) is 14.4. The fraction of sp³-hybridized carbons (Fsp3) is 0.0870. The van der Waals surface area contributed by atoms with E-state index >= 15 is 0 Å². The van der Waals surface area contributed by atoms with Crippen molar-refractivity contribution >= 4 is 10.9 Å². The maximum absolute atomic E-state index is 5.30. The van der Waals surface area contributed by atoms with Crippen LogP contribution in [0.25, 0.3) is 33.3 Å². The first-order valence-electron chi connectivity index (χ1n) is 8.37. The lowest BCUT2D eigenvalue weighted by Gasteiger charge is -2.15. The molecule has 0 spiro atoms. The number of rotatable bonds is 3. The van der Waals surface area contributed by atoms with Gasteiger partial charge in [0.05, 0.1) is 18.3 Å². The van der Waals surface area contributed by atoms with E-state index in [2.05, 4.69) is 61.5 Å². The Bertz CT molecular complexity index is 1020. The van der Waals surface area contributed by atoms with Crippen molar-refractivity contribution in [2.75, 3.05) is 7.11 Å². The lowest BCUT2D eigenvalue weighted by molar-refractivity contribution is 0.415. The summed E-state index contributed by atoms with van der Waals surface area (Å²) in [6.45, 7) is 2.15. The molecular formula is C23H19NO. The van der Waals surface area contributed by atoms with Gasteiger partial charge in [0.15, 0.2) is 0 Å². The van der Waals surface area contributed by atoms with Crippen molar-refractivity contribution in [1.29, 1.82) is 0 Å². The third-order valence-corrected chi connectivity index (χ3v) is 4.56. The van der Waals surface area contributed by atoms with Crippen molar-refractivity contribution in [2.24, 2.45) is 0 Å². The molecule has 0 saturated heterocycles. The number of hydrogen-bond acceptors (Lipinski definition) is 2. The average molecular weight is 325 g/mol. The molecule has 25 heavy (non-hydrogen) atoms. The SMILES string of the molecule is COc1ccc(-c2c(C)c(-c3ccccc3)nc3ccccc23)cc1. The minimum absolute atomic E-state index is 0.864. The summed E-state index contributed by atoms with van der Waals surface area (Å²) >= 11 is 0. The van der Waals surface area contributed by atoms with E-state index in [1.54, 1.807) is 7.11 Å². The number of methoxy groups -OCH3 is 1. The molecule has 3 aromatic carbocycles. The third-order valence-electron chi connectivity index (χ3n) is 4.56. The summed E-state index contributed by atoms with van der Waals surface area (Å²) in [7, 11) is 1.69. The summed E-state index contributed by atoms with van der Waals surface area (Å²) in [6, 6.07) is 26.9. The number of aromatic nitrogens is 1. The highest BCUT2D eigenvalue weighted by atomic mass is 16.5. The van der Waals surface area contributed by atoms with Crippen molar-refractivity contribution in [1.82, 2.24) is 4.98 Å². The molecule has 0 aliphatic rings. The number of para-hydroxylation sites is 1. The van der Waals surface area contributed by atoms with Crippen molar-refractivity contribution < 1.29 is 4.74 Å². The Labute approximate surface area is 147 Å². The standard InChI is InChI=1S/C23H19NO/c1-16-22(17-12-14-19(25-2)15-13-17)20-10-6-7-11-21(20)24-23(16)18-8-4-3-5-9-18/h3-15H,1-2H3. The Hall–Kier alpha value is -3.13. The van der Waals surface area contributed by atoms with Crippen molar-refractivity contribution in [3.63, 3.8) is 0 Å². The van der Waals surface area contributed by atoms with E-state index in [-0.39, 0.29) is 0 Å². The van der Waals surface area contributed by atoms with Gasteiger partial charge in [0, 0.05) is 10.9 Å². The number of ether oxygens (including phenoxy) is 1. The zero-order chi connectivity index (χ0) is 17.2. The Morgan fingerprint density at radius 2 is 1.40 bits per heavy atom. The van der Waals surface area contributed by atoms with Gasteiger partial charge in [-0.1, -0.05) is 60.7 Å². The van der Waals surface area contributed by atoms with Crippen LogP contribution in [0.15, 0.2) is 78.9 Å². The number of benzene rings is 3. The molecule has 0 radical (unpaired) electrons. The Morgan fingerprint density at radius 1 is 0.720 bits per heavy atom. The van der Waals surface area contributed by atoms with Gasteiger partial charge in [0.1, 0.15) is 5.75 Å². The maximum atomic E-state index is 5.30. The van der Waals surface area contributed by atoms with Crippen LogP contribution in [-0.4, -0.2) is 12.1 Å². The average Bonchev–Trinajstić information content (AvgIpc) is 2.68. The van der Waals surface area contributed by atoms with E-state index in [4.69, 9.17) is 9.72 Å². The van der Waals surface area contributed by atoms with Gasteiger partial charge in [-0.3, -0.25) is 0 Å². The summed E-state index contributed by atoms with van der Waals surface area (Å²) in [5.41, 5.74) is 6.78. The number of hydrogen-bond donors (Lipinski definition) is 0. The Kier molecular flexibility index (Phi) is 3.95. The summed E-state index contributed by atoms with van der Waals surface area (Å²) in [5.74, 6) is 0.864. The fourth-order valence-electron chi connectivity index (χ4n) is 3.31. The predicted octanol–water partition coefficient (Wildman–Crippen LogP) is 5.89. The molecule has 0 amide bonds. The van der Waals surface area contributed by atoms with Crippen LogP contribution in [0.3, 0.4) is 0 Å². The molecule has 122 valence electrons. The van der Waals surface area contributed by atoms with Crippen LogP contribution in [0.1, 0.15) is 5.56 Å². The Balaban J connectivity index is 2.02. The van der Waals surface area contributed by atoms with E-state index in [0.717, 1.165) is 22.5 Å². The van der Waals surface area contributed by atoms with Gasteiger partial charge in [-0.2, -0.15) is 0 Å². The van der Waals surface area contributed by atoms with Gasteiger partial charge in [0.2, 0.25) is 0 Å². The molecule has 2 nitrogen and oxygen atoms in total. The minimum atomic E-state index is 0.864. The summed E-state index contributed by atoms with van der Waals surface area (Å²) in [6.07, 6.45) is 0. The third kappa shape index (κ3) is 2.76. The van der Waals surface area contributed by atoms with Crippen molar-refractivity contribution in [3.8, 4) is 28.1 Å². The second-order valence-corrected chi connectivity index (χ2v) is 6.07. The molecule has 4 aromatic rings. The van der Waals surface area contributed by atoms with Gasteiger partial charge in [-0.15, -0.1) is 0 Å². The van der Waals surface area contributed by atoms with Gasteiger partial charge >= 0.3 is 0 Å². The predicted molar refractivity (Wildman–Crippen MR) is 104 cm³/mol. The molecule has 0 aliphatic carbocycles. The lowest BCUT2D eigenvalue weighted by Crippen LogP contribution is -1.95. The highest BCUT2D eigenvalue weighted by Gasteiger charge is 2.14. The minimum Gasteiger partial charge on any atom is -0.497 e. The molecule has 1 aromatic heterocycles. The molecule has 0 bridgehead atoms. The highest BCUT2D eigenvalue weighted by Crippen LogP contribution is 2.36. The van der Waals surface area contributed by atoms with Crippen molar-refractivity contribution in [3.05, 3.63) is 84.4 Å². The molecule has 0 unspecified atom stereocenters. The largest absolute Gasteiger partial charge is 0.497 e. The zero-order valence-electron chi connectivity index (χ0n) is 14.4. The van der Waals surface area contributed by atoms with Crippen LogP contribution in [0, 0.1) is 6.92 Å². The van der Waals surface area contributed by atoms with E-state index in [1.165, 1.54) is 22.1 Å². The number of nitrogens with zero attached hydrogens (tertiary/aromatic N) is 1. The Morgan fingerprint density at radius 3 is 2.12 bits per heavy atom. The van der Waals surface area contributed by atoms with Crippen LogP contribution < -0.4 is 4.74 Å². The van der Waals surface area contributed by atoms with Crippen LogP contribution in [0.4, 0.5) is 0 Å². The molecule has 4 rings (SSSR count). The van der Waals surface area contributed by atoms with Crippen LogP contribution >= 0.6 is 0 Å². The van der Waals surface area contributed by atoms with Gasteiger partial charge < -0.3 is 4.74 Å². The quantitative estimate of drug-likeness (QED) is 0.469. The second kappa shape index (κ2) is 6.40. The lowest BCUT2D eigenvalue weighted by atomic mass is 9.93. The van der Waals surface area contributed by atoms with E-state index in [1.807, 2.05) is 24.3 Å². The van der Waals surface area contributed by atoms with E-state index in [9.17, 15) is 0 Å². The summed E-state index contributed by atoms with van der Waals surface area (Å²) in [5, 5.41) is 1.17. The summed E-state index contributed by atoms with van der Waals surface area (Å²) in [4.78, 5) is 4.94. The van der Waals surface area contributed by atoms with E-state index in [0.29, 0.717) is 0 Å². The van der Waals surface area contributed by atoms with Gasteiger partial charge in [-0.25, -0.2) is 4.98 Å². The van der Waals surface area contributed by atoms with Gasteiger partial charge in [-0.05, 0) is 41.8 Å². The summed E-state index contributed by atoms with van der Waals surface area (Å²) < 4.78 is 5.30. The normalized spacial score (nSPS) is 10.8. The molecule has 0 N–H and O–H groups in total. The first-order valence-corrected chi connectivity index (χ1v) is 8.37. The fourth-order valence-corrected chi connectivity index (χ4v) is 3.31.